The molecule has 0 amide bonds. The molecule has 0 saturated carbocycles. The normalized spacial score (nSPS) is 13.6. The monoisotopic (exact) mass is 414 g/mol. The van der Waals surface area contributed by atoms with E-state index in [1.807, 2.05) is 68.4 Å². The minimum Gasteiger partial charge on any atom is -0.457 e. The van der Waals surface area contributed by atoms with Gasteiger partial charge in [0, 0.05) is 5.41 Å². The highest BCUT2D eigenvalue weighted by molar-refractivity contribution is 5.34. The highest BCUT2D eigenvalue weighted by atomic mass is 19.4. The smallest absolute Gasteiger partial charge is 0.416 e. The van der Waals surface area contributed by atoms with Crippen molar-refractivity contribution in [2.24, 2.45) is 0 Å². The van der Waals surface area contributed by atoms with Crippen molar-refractivity contribution in [3.63, 3.8) is 0 Å². The van der Waals surface area contributed by atoms with Crippen molar-refractivity contribution in [2.45, 2.75) is 38.5 Å². The maximum atomic E-state index is 12.8. The van der Waals surface area contributed by atoms with Gasteiger partial charge in [-0.1, -0.05) is 56.3 Å². The largest absolute Gasteiger partial charge is 0.457 e. The van der Waals surface area contributed by atoms with E-state index in [0.717, 1.165) is 41.2 Å². The Bertz CT molecular complexity index is 937. The Labute approximate surface area is 175 Å². The molecule has 0 heterocycles. The molecule has 0 aliphatic rings. The highest BCUT2D eigenvalue weighted by Crippen LogP contribution is 2.33. The molecular weight excluding hydrogens is 389 g/mol. The van der Waals surface area contributed by atoms with Crippen LogP contribution < -0.4 is 4.74 Å². The van der Waals surface area contributed by atoms with E-state index in [9.17, 15) is 13.2 Å². The summed E-state index contributed by atoms with van der Waals surface area (Å²) in [7, 11) is 0. The molecule has 0 saturated heterocycles. The molecule has 0 spiro atoms. The Balaban J connectivity index is 1.62. The first kappa shape index (κ1) is 21.9. The third-order valence-electron chi connectivity index (χ3n) is 5.26. The molecule has 1 unspecified atom stereocenters. The molecule has 3 aromatic rings. The van der Waals surface area contributed by atoms with E-state index in [1.54, 1.807) is 12.1 Å². The molecule has 0 aromatic heterocycles. The summed E-state index contributed by atoms with van der Waals surface area (Å²) in [5.41, 5.74) is 0.789. The van der Waals surface area contributed by atoms with Gasteiger partial charge in [-0.3, -0.25) is 0 Å². The second kappa shape index (κ2) is 9.35. The molecule has 0 radical (unpaired) electrons. The lowest BCUT2D eigenvalue weighted by molar-refractivity contribution is -0.137. The van der Waals surface area contributed by atoms with Gasteiger partial charge in [0.1, 0.15) is 11.5 Å². The number of halogens is 3. The maximum Gasteiger partial charge on any atom is 0.416 e. The van der Waals surface area contributed by atoms with Crippen molar-refractivity contribution in [3.8, 4) is 11.5 Å². The first-order valence-corrected chi connectivity index (χ1v) is 9.87. The van der Waals surface area contributed by atoms with Gasteiger partial charge in [0.15, 0.2) is 0 Å². The third-order valence-corrected chi connectivity index (χ3v) is 5.26. The molecule has 5 heteroatoms. The number of para-hydroxylation sites is 1. The zero-order chi connectivity index (χ0) is 21.6. The van der Waals surface area contributed by atoms with E-state index >= 15 is 0 Å². The molecule has 2 nitrogen and oxygen atoms in total. The third kappa shape index (κ3) is 5.63. The SMILES string of the molecule is CCC(C)(COCc1cccc(Oc2ccccc2)c1)c1ccc(C(F)(F)F)cc1. The average molecular weight is 414 g/mol. The lowest BCUT2D eigenvalue weighted by Gasteiger charge is -2.29. The fraction of sp³-hybridized carbons (Fsp3) is 0.280. The first-order valence-electron chi connectivity index (χ1n) is 9.87. The van der Waals surface area contributed by atoms with E-state index in [4.69, 9.17) is 9.47 Å². The van der Waals surface area contributed by atoms with Gasteiger partial charge >= 0.3 is 6.18 Å². The van der Waals surface area contributed by atoms with Gasteiger partial charge < -0.3 is 9.47 Å². The van der Waals surface area contributed by atoms with Crippen LogP contribution in [0.15, 0.2) is 78.9 Å². The molecule has 3 aromatic carbocycles. The van der Waals surface area contributed by atoms with Crippen molar-refractivity contribution in [2.75, 3.05) is 6.61 Å². The minimum atomic E-state index is -4.33. The summed E-state index contributed by atoms with van der Waals surface area (Å²) in [6.07, 6.45) is -3.58. The summed E-state index contributed by atoms with van der Waals surface area (Å²) in [5, 5.41) is 0. The predicted molar refractivity (Wildman–Crippen MR) is 112 cm³/mol. The summed E-state index contributed by atoms with van der Waals surface area (Å²) < 4.78 is 50.3. The second-order valence-electron chi connectivity index (χ2n) is 7.54. The minimum absolute atomic E-state index is 0.373. The number of benzene rings is 3. The van der Waals surface area contributed by atoms with Gasteiger partial charge in [-0.2, -0.15) is 13.2 Å². The fourth-order valence-corrected chi connectivity index (χ4v) is 3.17. The van der Waals surface area contributed by atoms with E-state index in [-0.39, 0.29) is 5.41 Å². The predicted octanol–water partition coefficient (Wildman–Crippen LogP) is 7.38. The second-order valence-corrected chi connectivity index (χ2v) is 7.54. The first-order chi connectivity index (χ1) is 14.3. The number of alkyl halides is 3. The quantitative estimate of drug-likeness (QED) is 0.383. The van der Waals surface area contributed by atoms with E-state index in [1.165, 1.54) is 0 Å². The molecule has 0 bridgehead atoms. The number of ether oxygens (including phenoxy) is 2. The average Bonchev–Trinajstić information content (AvgIpc) is 2.74. The van der Waals surface area contributed by atoms with Gasteiger partial charge in [0.25, 0.3) is 0 Å². The van der Waals surface area contributed by atoms with Crippen LogP contribution in [0, 0.1) is 0 Å². The molecule has 158 valence electrons. The Morgan fingerprint density at radius 3 is 2.03 bits per heavy atom. The Morgan fingerprint density at radius 2 is 1.40 bits per heavy atom. The molecule has 0 aliphatic heterocycles. The summed E-state index contributed by atoms with van der Waals surface area (Å²) in [5.74, 6) is 1.49. The summed E-state index contributed by atoms with van der Waals surface area (Å²) in [4.78, 5) is 0. The molecule has 30 heavy (non-hydrogen) atoms. The Hall–Kier alpha value is -2.79. The van der Waals surface area contributed by atoms with Gasteiger partial charge in [-0.15, -0.1) is 0 Å². The van der Waals surface area contributed by atoms with Crippen LogP contribution in [-0.2, 0) is 22.9 Å². The summed E-state index contributed by atoms with van der Waals surface area (Å²) >= 11 is 0. The molecule has 0 N–H and O–H groups in total. The zero-order valence-electron chi connectivity index (χ0n) is 17.1. The Morgan fingerprint density at radius 1 is 0.767 bits per heavy atom. The van der Waals surface area contributed by atoms with Crippen LogP contribution >= 0.6 is 0 Å². The van der Waals surface area contributed by atoms with Crippen LogP contribution in [0.25, 0.3) is 0 Å². The number of hydrogen-bond donors (Lipinski definition) is 0. The van der Waals surface area contributed by atoms with Crippen molar-refractivity contribution < 1.29 is 22.6 Å². The topological polar surface area (TPSA) is 18.5 Å². The highest BCUT2D eigenvalue weighted by Gasteiger charge is 2.31. The lowest BCUT2D eigenvalue weighted by Crippen LogP contribution is -2.27. The van der Waals surface area contributed by atoms with Gasteiger partial charge in [0.2, 0.25) is 0 Å². The molecule has 0 fully saturated rings. The lowest BCUT2D eigenvalue weighted by atomic mass is 9.80. The number of hydrogen-bond acceptors (Lipinski definition) is 2. The number of rotatable bonds is 8. The van der Waals surface area contributed by atoms with Crippen LogP contribution in [0.1, 0.15) is 37.0 Å². The van der Waals surface area contributed by atoms with E-state index < -0.39 is 11.7 Å². The molecule has 0 aliphatic carbocycles. The van der Waals surface area contributed by atoms with E-state index in [2.05, 4.69) is 0 Å². The van der Waals surface area contributed by atoms with Gasteiger partial charge in [-0.25, -0.2) is 0 Å². The van der Waals surface area contributed by atoms with Crippen LogP contribution in [0.3, 0.4) is 0 Å². The fourth-order valence-electron chi connectivity index (χ4n) is 3.17. The Kier molecular flexibility index (Phi) is 6.83. The van der Waals surface area contributed by atoms with Gasteiger partial charge in [-0.05, 0) is 53.9 Å². The van der Waals surface area contributed by atoms with Crippen LogP contribution in [0.5, 0.6) is 11.5 Å². The molecule has 3 rings (SSSR count). The van der Waals surface area contributed by atoms with Crippen LogP contribution in [-0.4, -0.2) is 6.61 Å². The zero-order valence-corrected chi connectivity index (χ0v) is 17.1. The van der Waals surface area contributed by atoms with Crippen molar-refractivity contribution in [1.29, 1.82) is 0 Å². The summed E-state index contributed by atoms with van der Waals surface area (Å²) in [6.45, 7) is 4.81. The van der Waals surface area contributed by atoms with Crippen LogP contribution in [0.2, 0.25) is 0 Å². The summed E-state index contributed by atoms with van der Waals surface area (Å²) in [6, 6.07) is 22.6. The van der Waals surface area contributed by atoms with Crippen molar-refractivity contribution in [3.05, 3.63) is 95.6 Å². The molecular formula is C25H25F3O2. The molecule has 1 atom stereocenters. The standard InChI is InChI=1S/C25H25F3O2/c1-3-24(2,20-12-14-21(15-13-20)25(26,27)28)18-29-17-19-8-7-11-23(16-19)30-22-9-5-4-6-10-22/h4-16H,3,17-18H2,1-2H3. The van der Waals surface area contributed by atoms with Gasteiger partial charge in [0.05, 0.1) is 18.8 Å². The van der Waals surface area contributed by atoms with Crippen molar-refractivity contribution in [1.82, 2.24) is 0 Å². The van der Waals surface area contributed by atoms with Crippen LogP contribution in [0.4, 0.5) is 13.2 Å². The maximum absolute atomic E-state index is 12.8. The van der Waals surface area contributed by atoms with Crippen molar-refractivity contribution >= 4 is 0 Å². The van der Waals surface area contributed by atoms with E-state index in [0.29, 0.717) is 13.2 Å².